The van der Waals surface area contributed by atoms with Gasteiger partial charge < -0.3 is 14.6 Å². The van der Waals surface area contributed by atoms with E-state index in [1.165, 1.54) is 17.7 Å². The molecule has 0 saturated heterocycles. The van der Waals surface area contributed by atoms with Crippen LogP contribution in [0.2, 0.25) is 0 Å². The summed E-state index contributed by atoms with van der Waals surface area (Å²) in [6.45, 7) is 6.48. The van der Waals surface area contributed by atoms with Crippen molar-refractivity contribution in [2.45, 2.75) is 64.8 Å². The van der Waals surface area contributed by atoms with E-state index < -0.39 is 5.82 Å². The van der Waals surface area contributed by atoms with Gasteiger partial charge in [0.2, 0.25) is 0 Å². The number of fused-ring (bicyclic) bond motifs is 1. The van der Waals surface area contributed by atoms with Crippen LogP contribution in [0.25, 0.3) is 11.0 Å². The topological polar surface area (TPSA) is 56.1 Å². The number of amides is 1. The number of nitrogens with one attached hydrogen (secondary N) is 1. The summed E-state index contributed by atoms with van der Waals surface area (Å²) >= 11 is 0. The molecule has 6 heteroatoms. The van der Waals surface area contributed by atoms with Gasteiger partial charge in [0, 0.05) is 19.5 Å². The molecule has 4 aromatic rings. The molecule has 0 bridgehead atoms. The molecule has 1 heterocycles. The van der Waals surface area contributed by atoms with Crippen LogP contribution in [0.3, 0.4) is 0 Å². The quantitative estimate of drug-likeness (QED) is 0.179. The highest BCUT2D eigenvalue weighted by Crippen LogP contribution is 2.22. The van der Waals surface area contributed by atoms with Crippen LogP contribution in [-0.4, -0.2) is 28.6 Å². The summed E-state index contributed by atoms with van der Waals surface area (Å²) < 4.78 is 22.1. The maximum atomic E-state index is 13.8. The van der Waals surface area contributed by atoms with Gasteiger partial charge in [0.15, 0.2) is 0 Å². The van der Waals surface area contributed by atoms with E-state index in [-0.39, 0.29) is 11.5 Å². The highest BCUT2D eigenvalue weighted by atomic mass is 19.1. The Labute approximate surface area is 225 Å². The zero-order valence-electron chi connectivity index (χ0n) is 22.5. The number of hydrogen-bond acceptors (Lipinski definition) is 3. The van der Waals surface area contributed by atoms with Gasteiger partial charge in [-0.2, -0.15) is 0 Å². The summed E-state index contributed by atoms with van der Waals surface area (Å²) in [5.41, 5.74) is 3.61. The highest BCUT2D eigenvalue weighted by molar-refractivity contribution is 5.94. The van der Waals surface area contributed by atoms with Gasteiger partial charge in [-0.25, -0.2) is 9.37 Å². The minimum Gasteiger partial charge on any atom is -0.494 e. The fourth-order valence-corrected chi connectivity index (χ4v) is 4.63. The zero-order valence-corrected chi connectivity index (χ0v) is 22.5. The number of imidazole rings is 1. The summed E-state index contributed by atoms with van der Waals surface area (Å²) in [6.07, 6.45) is 5.66. The second kappa shape index (κ2) is 13.8. The van der Waals surface area contributed by atoms with Gasteiger partial charge in [0.05, 0.1) is 23.2 Å². The van der Waals surface area contributed by atoms with Crippen LogP contribution in [0, 0.1) is 5.82 Å². The third-order valence-corrected chi connectivity index (χ3v) is 7.07. The third kappa shape index (κ3) is 7.21. The van der Waals surface area contributed by atoms with Crippen LogP contribution in [-0.2, 0) is 13.0 Å². The second-order valence-electron chi connectivity index (χ2n) is 9.80. The van der Waals surface area contributed by atoms with E-state index in [0.717, 1.165) is 67.7 Å². The standard InChI is InChI=1S/C32H38FN3O2/c1-3-24(2)25-17-19-26(20-18-25)38-23-11-22-36-30-15-9-8-14-29(30)35-31(36)16-5-4-10-21-34-32(37)27-12-6-7-13-28(27)33/h6-9,12-15,17-20,24H,3-5,10-11,16,21-23H2,1-2H3,(H,34,37). The van der Waals surface area contributed by atoms with Crippen LogP contribution in [0.15, 0.2) is 72.8 Å². The number of benzene rings is 3. The maximum Gasteiger partial charge on any atom is 0.254 e. The summed E-state index contributed by atoms with van der Waals surface area (Å²) in [5.74, 6) is 1.70. The number of rotatable bonds is 14. The van der Waals surface area contributed by atoms with Crippen LogP contribution < -0.4 is 10.1 Å². The van der Waals surface area contributed by atoms with E-state index in [1.54, 1.807) is 12.1 Å². The van der Waals surface area contributed by atoms with Gasteiger partial charge in [-0.05, 0) is 73.6 Å². The number of carbonyl (C=O) groups is 1. The Kier molecular flexibility index (Phi) is 9.90. The van der Waals surface area contributed by atoms with Crippen LogP contribution in [0.4, 0.5) is 4.39 Å². The molecule has 0 fully saturated rings. The van der Waals surface area contributed by atoms with E-state index in [9.17, 15) is 9.18 Å². The first kappa shape index (κ1) is 27.4. The molecular formula is C32H38FN3O2. The molecule has 0 aliphatic rings. The van der Waals surface area contributed by atoms with E-state index >= 15 is 0 Å². The molecule has 1 atom stereocenters. The number of ether oxygens (including phenoxy) is 1. The number of unbranched alkanes of at least 4 members (excludes halogenated alkanes) is 2. The van der Waals surface area contributed by atoms with Crippen molar-refractivity contribution in [2.75, 3.05) is 13.2 Å². The van der Waals surface area contributed by atoms with Crippen molar-refractivity contribution in [1.82, 2.24) is 14.9 Å². The predicted molar refractivity (Wildman–Crippen MR) is 151 cm³/mol. The molecule has 1 unspecified atom stereocenters. The van der Waals surface area contributed by atoms with Crippen molar-refractivity contribution in [2.24, 2.45) is 0 Å². The Morgan fingerprint density at radius 2 is 1.74 bits per heavy atom. The fraction of sp³-hybridized carbons (Fsp3) is 0.375. The average Bonchev–Trinajstić information content (AvgIpc) is 3.30. The largest absolute Gasteiger partial charge is 0.494 e. The van der Waals surface area contributed by atoms with Crippen molar-refractivity contribution in [1.29, 1.82) is 0 Å². The summed E-state index contributed by atoms with van der Waals surface area (Å²) in [7, 11) is 0. The van der Waals surface area contributed by atoms with Gasteiger partial charge in [-0.1, -0.05) is 56.7 Å². The van der Waals surface area contributed by atoms with E-state index in [2.05, 4.69) is 66.2 Å². The smallest absolute Gasteiger partial charge is 0.254 e. The highest BCUT2D eigenvalue weighted by Gasteiger charge is 2.12. The molecular weight excluding hydrogens is 477 g/mol. The van der Waals surface area contributed by atoms with Crippen LogP contribution in [0.1, 0.15) is 73.6 Å². The number of carbonyl (C=O) groups excluding carboxylic acids is 1. The second-order valence-corrected chi connectivity index (χ2v) is 9.80. The van der Waals surface area contributed by atoms with Gasteiger partial charge in [0.25, 0.3) is 5.91 Å². The molecule has 1 amide bonds. The molecule has 5 nitrogen and oxygen atoms in total. The molecule has 1 N–H and O–H groups in total. The lowest BCUT2D eigenvalue weighted by Crippen LogP contribution is -2.25. The molecule has 0 aliphatic carbocycles. The summed E-state index contributed by atoms with van der Waals surface area (Å²) in [6, 6.07) is 22.8. The Morgan fingerprint density at radius 3 is 2.53 bits per heavy atom. The van der Waals surface area contributed by atoms with Gasteiger partial charge in [0.1, 0.15) is 17.4 Å². The lowest BCUT2D eigenvalue weighted by atomic mass is 9.99. The first-order valence-corrected chi connectivity index (χ1v) is 13.8. The molecule has 1 aromatic heterocycles. The van der Waals surface area contributed by atoms with Crippen LogP contribution >= 0.6 is 0 Å². The lowest BCUT2D eigenvalue weighted by molar-refractivity contribution is 0.0949. The van der Waals surface area contributed by atoms with Crippen molar-refractivity contribution in [3.05, 3.63) is 95.6 Å². The third-order valence-electron chi connectivity index (χ3n) is 7.07. The molecule has 3 aromatic carbocycles. The summed E-state index contributed by atoms with van der Waals surface area (Å²) in [5, 5.41) is 2.82. The predicted octanol–water partition coefficient (Wildman–Crippen LogP) is 7.30. The normalized spacial score (nSPS) is 12.0. The van der Waals surface area contributed by atoms with E-state index in [1.807, 2.05) is 6.07 Å². The van der Waals surface area contributed by atoms with Crippen molar-refractivity contribution in [3.63, 3.8) is 0 Å². The van der Waals surface area contributed by atoms with Crippen molar-refractivity contribution >= 4 is 16.9 Å². The van der Waals surface area contributed by atoms with Gasteiger partial charge in [-0.3, -0.25) is 4.79 Å². The number of halogens is 1. The average molecular weight is 516 g/mol. The molecule has 0 radical (unpaired) electrons. The Bertz CT molecular complexity index is 1320. The molecule has 200 valence electrons. The Hall–Kier alpha value is -3.67. The SMILES string of the molecule is CCC(C)c1ccc(OCCCn2c(CCCCCNC(=O)c3ccccc3F)nc3ccccc32)cc1. The van der Waals surface area contributed by atoms with E-state index in [4.69, 9.17) is 9.72 Å². The number of nitrogens with zero attached hydrogens (tertiary/aromatic N) is 2. The van der Waals surface area contributed by atoms with Crippen molar-refractivity contribution < 1.29 is 13.9 Å². The zero-order chi connectivity index (χ0) is 26.7. The summed E-state index contributed by atoms with van der Waals surface area (Å²) in [4.78, 5) is 17.0. The van der Waals surface area contributed by atoms with Gasteiger partial charge >= 0.3 is 0 Å². The number of para-hydroxylation sites is 2. The maximum absolute atomic E-state index is 13.8. The molecule has 38 heavy (non-hydrogen) atoms. The molecule has 0 spiro atoms. The lowest BCUT2D eigenvalue weighted by Gasteiger charge is -2.12. The monoisotopic (exact) mass is 515 g/mol. The Morgan fingerprint density at radius 1 is 0.974 bits per heavy atom. The minimum atomic E-state index is -0.492. The van der Waals surface area contributed by atoms with Crippen LogP contribution in [0.5, 0.6) is 5.75 Å². The van der Waals surface area contributed by atoms with E-state index in [0.29, 0.717) is 19.1 Å². The molecule has 0 saturated carbocycles. The molecule has 4 rings (SSSR count). The first-order valence-electron chi connectivity index (χ1n) is 13.8. The Balaban J connectivity index is 1.24. The number of aryl methyl sites for hydroxylation is 2. The minimum absolute atomic E-state index is 0.0910. The number of hydrogen-bond donors (Lipinski definition) is 1. The fourth-order valence-electron chi connectivity index (χ4n) is 4.63. The molecule has 0 aliphatic heterocycles. The first-order chi connectivity index (χ1) is 18.6. The number of aromatic nitrogens is 2. The van der Waals surface area contributed by atoms with Gasteiger partial charge in [-0.15, -0.1) is 0 Å². The van der Waals surface area contributed by atoms with Crippen molar-refractivity contribution in [3.8, 4) is 5.75 Å².